The highest BCUT2D eigenvalue weighted by Gasteiger charge is 2.30. The van der Waals surface area contributed by atoms with E-state index in [0.29, 0.717) is 24.5 Å². The minimum absolute atomic E-state index is 0.00215. The molecule has 9 heteroatoms. The lowest BCUT2D eigenvalue weighted by Gasteiger charge is -2.26. The van der Waals surface area contributed by atoms with E-state index in [1.54, 1.807) is 33.0 Å². The Bertz CT molecular complexity index is 1020. The van der Waals surface area contributed by atoms with Gasteiger partial charge in [0.2, 0.25) is 10.0 Å². The van der Waals surface area contributed by atoms with Gasteiger partial charge in [-0.3, -0.25) is 14.3 Å². The summed E-state index contributed by atoms with van der Waals surface area (Å²) in [6.07, 6.45) is 2.63. The molecule has 1 amide bonds. The fraction of sp³-hybridized carbons (Fsp3) is 0.421. The van der Waals surface area contributed by atoms with Crippen molar-refractivity contribution in [1.82, 2.24) is 14.1 Å². The van der Waals surface area contributed by atoms with E-state index in [4.69, 9.17) is 0 Å². The number of ketones is 1. The normalized spacial score (nSPS) is 15.4. The monoisotopic (exact) mass is 404 g/mol. The SMILES string of the molecule is Cc1nn(C)c(C)c1C(=O)C(=O)Nc1ccccc1S(=O)(=O)N1CCCCC1. The number of piperidine rings is 1. The van der Waals surface area contributed by atoms with Crippen molar-refractivity contribution < 1.29 is 18.0 Å². The van der Waals surface area contributed by atoms with Crippen molar-refractivity contribution in [1.29, 1.82) is 0 Å². The zero-order chi connectivity index (χ0) is 20.5. The zero-order valence-electron chi connectivity index (χ0n) is 16.2. The van der Waals surface area contributed by atoms with Crippen molar-refractivity contribution in [2.45, 2.75) is 38.0 Å². The number of aryl methyl sites for hydroxylation is 2. The topological polar surface area (TPSA) is 101 Å². The quantitative estimate of drug-likeness (QED) is 0.607. The summed E-state index contributed by atoms with van der Waals surface area (Å²) < 4.78 is 29.0. The van der Waals surface area contributed by atoms with E-state index in [2.05, 4.69) is 10.4 Å². The molecule has 150 valence electrons. The lowest BCUT2D eigenvalue weighted by atomic mass is 10.1. The molecule has 1 fully saturated rings. The number of carbonyl (C=O) groups excluding carboxylic acids is 2. The molecule has 1 aliphatic heterocycles. The number of anilines is 1. The largest absolute Gasteiger partial charge is 0.318 e. The molecular formula is C19H24N4O4S. The van der Waals surface area contributed by atoms with Gasteiger partial charge in [-0.15, -0.1) is 0 Å². The van der Waals surface area contributed by atoms with E-state index in [0.717, 1.165) is 19.3 Å². The van der Waals surface area contributed by atoms with Gasteiger partial charge in [0.05, 0.1) is 16.9 Å². The van der Waals surface area contributed by atoms with Gasteiger partial charge in [-0.1, -0.05) is 18.6 Å². The van der Waals surface area contributed by atoms with Crippen LogP contribution in [0.3, 0.4) is 0 Å². The molecule has 0 radical (unpaired) electrons. The van der Waals surface area contributed by atoms with E-state index < -0.39 is 21.7 Å². The number of nitrogens with zero attached hydrogens (tertiary/aromatic N) is 3. The van der Waals surface area contributed by atoms with Crippen LogP contribution in [0.25, 0.3) is 0 Å². The molecule has 0 atom stereocenters. The Morgan fingerprint density at radius 2 is 1.71 bits per heavy atom. The molecule has 0 aliphatic carbocycles. The van der Waals surface area contributed by atoms with E-state index in [1.807, 2.05) is 0 Å². The molecule has 0 bridgehead atoms. The van der Waals surface area contributed by atoms with Gasteiger partial charge in [-0.05, 0) is 38.8 Å². The van der Waals surface area contributed by atoms with Crippen molar-refractivity contribution in [3.8, 4) is 0 Å². The van der Waals surface area contributed by atoms with Crippen LogP contribution < -0.4 is 5.32 Å². The molecule has 3 rings (SSSR count). The Balaban J connectivity index is 1.89. The number of Topliss-reactive ketones (excluding diaryl/α,β-unsaturated/α-hetero) is 1. The maximum absolute atomic E-state index is 13.0. The predicted molar refractivity (Wildman–Crippen MR) is 105 cm³/mol. The van der Waals surface area contributed by atoms with Crippen LogP contribution in [0.1, 0.15) is 41.0 Å². The van der Waals surface area contributed by atoms with Crippen LogP contribution in [0.15, 0.2) is 29.2 Å². The minimum Gasteiger partial charge on any atom is -0.318 e. The molecule has 1 aromatic heterocycles. The average Bonchev–Trinajstić information content (AvgIpc) is 2.94. The third-order valence-corrected chi connectivity index (χ3v) is 6.97. The van der Waals surface area contributed by atoms with Crippen molar-refractivity contribution in [2.75, 3.05) is 18.4 Å². The fourth-order valence-corrected chi connectivity index (χ4v) is 5.10. The molecule has 1 saturated heterocycles. The predicted octanol–water partition coefficient (Wildman–Crippen LogP) is 2.03. The molecular weight excluding hydrogens is 380 g/mol. The summed E-state index contributed by atoms with van der Waals surface area (Å²) in [5.41, 5.74) is 1.36. The Morgan fingerprint density at radius 3 is 2.32 bits per heavy atom. The number of aromatic nitrogens is 2. The molecule has 0 saturated carbocycles. The highest BCUT2D eigenvalue weighted by Crippen LogP contribution is 2.27. The Hall–Kier alpha value is -2.52. The highest BCUT2D eigenvalue weighted by molar-refractivity contribution is 7.89. The van der Waals surface area contributed by atoms with Crippen LogP contribution in [0.2, 0.25) is 0 Å². The van der Waals surface area contributed by atoms with Crippen molar-refractivity contribution in [2.24, 2.45) is 7.05 Å². The molecule has 1 aromatic carbocycles. The summed E-state index contributed by atoms with van der Waals surface area (Å²) in [6.45, 7) is 4.27. The van der Waals surface area contributed by atoms with Crippen molar-refractivity contribution >= 4 is 27.4 Å². The number of sulfonamides is 1. The molecule has 0 unspecified atom stereocenters. The summed E-state index contributed by atoms with van der Waals surface area (Å²) in [7, 11) is -2.06. The molecule has 1 aliphatic rings. The van der Waals surface area contributed by atoms with E-state index in [-0.39, 0.29) is 16.1 Å². The van der Waals surface area contributed by atoms with Gasteiger partial charge >= 0.3 is 0 Å². The lowest BCUT2D eigenvalue weighted by Crippen LogP contribution is -2.36. The first-order valence-electron chi connectivity index (χ1n) is 9.18. The van der Waals surface area contributed by atoms with Gasteiger partial charge in [0.15, 0.2) is 0 Å². The van der Waals surface area contributed by atoms with Gasteiger partial charge in [-0.2, -0.15) is 9.40 Å². The second-order valence-corrected chi connectivity index (χ2v) is 8.82. The van der Waals surface area contributed by atoms with Crippen molar-refractivity contribution in [3.63, 3.8) is 0 Å². The molecule has 0 spiro atoms. The number of amides is 1. The number of para-hydroxylation sites is 1. The van der Waals surface area contributed by atoms with Gasteiger partial charge in [0, 0.05) is 25.8 Å². The maximum atomic E-state index is 13.0. The summed E-state index contributed by atoms with van der Waals surface area (Å²) in [4.78, 5) is 25.2. The standard InChI is InChI=1S/C19H24N4O4S/c1-13-17(14(2)22(3)21-13)18(24)19(25)20-15-9-5-6-10-16(15)28(26,27)23-11-7-4-8-12-23/h5-6,9-10H,4,7-8,11-12H2,1-3H3,(H,20,25). The summed E-state index contributed by atoms with van der Waals surface area (Å²) in [5.74, 6) is -1.63. The van der Waals surface area contributed by atoms with Gasteiger partial charge in [-0.25, -0.2) is 8.42 Å². The maximum Gasteiger partial charge on any atom is 0.296 e. The summed E-state index contributed by atoms with van der Waals surface area (Å²) in [6, 6.07) is 6.16. The summed E-state index contributed by atoms with van der Waals surface area (Å²) in [5, 5.41) is 6.64. The Kier molecular flexibility index (Phi) is 5.66. The van der Waals surface area contributed by atoms with Crippen LogP contribution in [-0.4, -0.2) is 47.3 Å². The molecule has 2 aromatic rings. The zero-order valence-corrected chi connectivity index (χ0v) is 17.0. The van der Waals surface area contributed by atoms with E-state index in [1.165, 1.54) is 21.1 Å². The molecule has 28 heavy (non-hydrogen) atoms. The van der Waals surface area contributed by atoms with Gasteiger partial charge < -0.3 is 5.32 Å². The minimum atomic E-state index is -3.75. The first kappa shape index (κ1) is 20.2. The van der Waals surface area contributed by atoms with Crippen LogP contribution in [-0.2, 0) is 21.9 Å². The van der Waals surface area contributed by atoms with Gasteiger partial charge in [0.1, 0.15) is 4.90 Å². The van der Waals surface area contributed by atoms with Crippen molar-refractivity contribution in [3.05, 3.63) is 41.2 Å². The average molecular weight is 404 g/mol. The highest BCUT2D eigenvalue weighted by atomic mass is 32.2. The van der Waals surface area contributed by atoms with Crippen LogP contribution >= 0.6 is 0 Å². The number of rotatable bonds is 5. The second-order valence-electron chi connectivity index (χ2n) is 6.91. The van der Waals surface area contributed by atoms with E-state index in [9.17, 15) is 18.0 Å². The van der Waals surface area contributed by atoms with Gasteiger partial charge in [0.25, 0.3) is 11.7 Å². The summed E-state index contributed by atoms with van der Waals surface area (Å²) >= 11 is 0. The molecule has 8 nitrogen and oxygen atoms in total. The third kappa shape index (κ3) is 3.72. The number of nitrogens with one attached hydrogen (secondary N) is 1. The lowest BCUT2D eigenvalue weighted by molar-refractivity contribution is -0.112. The fourth-order valence-electron chi connectivity index (χ4n) is 3.43. The molecule has 1 N–H and O–H groups in total. The van der Waals surface area contributed by atoms with Crippen LogP contribution in [0.4, 0.5) is 5.69 Å². The second kappa shape index (κ2) is 7.84. The first-order valence-corrected chi connectivity index (χ1v) is 10.6. The number of benzene rings is 1. The first-order chi connectivity index (χ1) is 13.2. The van der Waals surface area contributed by atoms with Crippen LogP contribution in [0, 0.1) is 13.8 Å². The Labute approximate surface area is 164 Å². The number of carbonyl (C=O) groups is 2. The smallest absolute Gasteiger partial charge is 0.296 e. The molecule has 2 heterocycles. The Morgan fingerprint density at radius 1 is 1.07 bits per heavy atom. The third-order valence-electron chi connectivity index (χ3n) is 5.01. The van der Waals surface area contributed by atoms with E-state index >= 15 is 0 Å². The number of hydrogen-bond donors (Lipinski definition) is 1. The van der Waals surface area contributed by atoms with Crippen LogP contribution in [0.5, 0.6) is 0 Å². The number of hydrogen-bond acceptors (Lipinski definition) is 5.